The number of aryl methyl sites for hydroxylation is 2. The van der Waals surface area contributed by atoms with Gasteiger partial charge in [-0.15, -0.1) is 0 Å². The number of carbonyl (C=O) groups excluding carboxylic acids is 1. The monoisotopic (exact) mass is 454 g/mol. The number of carbonyl (C=O) groups is 1. The van der Waals surface area contributed by atoms with Crippen molar-refractivity contribution < 1.29 is 17.9 Å². The van der Waals surface area contributed by atoms with Crippen molar-refractivity contribution in [2.45, 2.75) is 32.1 Å². The van der Waals surface area contributed by atoms with Crippen LogP contribution in [0.1, 0.15) is 24.5 Å². The molecule has 0 spiro atoms. The molecule has 0 aliphatic heterocycles. The Labute approximate surface area is 168 Å². The summed E-state index contributed by atoms with van der Waals surface area (Å²) in [7, 11) is -3.51. The maximum absolute atomic E-state index is 12.2. The predicted molar refractivity (Wildman–Crippen MR) is 110 cm³/mol. The van der Waals surface area contributed by atoms with Crippen molar-refractivity contribution in [3.8, 4) is 5.75 Å². The first-order valence-electron chi connectivity index (χ1n) is 8.52. The van der Waals surface area contributed by atoms with Crippen LogP contribution in [0.25, 0.3) is 0 Å². The summed E-state index contributed by atoms with van der Waals surface area (Å²) in [6.07, 6.45) is 0.715. The molecule has 146 valence electrons. The van der Waals surface area contributed by atoms with Gasteiger partial charge in [-0.2, -0.15) is 0 Å². The van der Waals surface area contributed by atoms with E-state index in [9.17, 15) is 13.2 Å². The summed E-state index contributed by atoms with van der Waals surface area (Å²) < 4.78 is 33.0. The number of nitrogens with one attached hydrogen (secondary N) is 2. The highest BCUT2D eigenvalue weighted by atomic mass is 79.9. The van der Waals surface area contributed by atoms with Crippen LogP contribution in [0, 0.1) is 13.8 Å². The number of anilines is 1. The van der Waals surface area contributed by atoms with Crippen LogP contribution in [-0.4, -0.2) is 27.5 Å². The number of hydrogen-bond acceptors (Lipinski definition) is 4. The molecule has 1 amide bonds. The third kappa shape index (κ3) is 6.05. The van der Waals surface area contributed by atoms with Crippen molar-refractivity contribution in [2.24, 2.45) is 0 Å². The molecule has 0 fully saturated rings. The first-order valence-corrected chi connectivity index (χ1v) is 10.8. The Morgan fingerprint density at radius 1 is 1.11 bits per heavy atom. The molecule has 0 atom stereocenters. The van der Waals surface area contributed by atoms with Crippen LogP contribution in [0.5, 0.6) is 5.75 Å². The second kappa shape index (κ2) is 9.34. The molecular formula is C19H23BrN2O4S. The number of rotatable bonds is 8. The maximum Gasteiger partial charge on any atom is 0.262 e. The van der Waals surface area contributed by atoms with Crippen molar-refractivity contribution in [2.75, 3.05) is 18.5 Å². The van der Waals surface area contributed by atoms with Gasteiger partial charge in [0.05, 0.1) is 4.90 Å². The van der Waals surface area contributed by atoms with Gasteiger partial charge in [-0.1, -0.05) is 22.9 Å². The van der Waals surface area contributed by atoms with E-state index < -0.39 is 10.0 Å². The van der Waals surface area contributed by atoms with Crippen molar-refractivity contribution in [1.82, 2.24) is 4.72 Å². The molecule has 0 bridgehead atoms. The van der Waals surface area contributed by atoms with Gasteiger partial charge >= 0.3 is 0 Å². The average Bonchev–Trinajstić information content (AvgIpc) is 2.61. The van der Waals surface area contributed by atoms with E-state index >= 15 is 0 Å². The fourth-order valence-corrected chi connectivity index (χ4v) is 4.29. The predicted octanol–water partition coefficient (Wildman–Crippen LogP) is 3.77. The quantitative estimate of drug-likeness (QED) is 0.635. The Morgan fingerprint density at radius 3 is 2.26 bits per heavy atom. The number of benzene rings is 2. The third-order valence-electron chi connectivity index (χ3n) is 3.81. The first kappa shape index (κ1) is 21.4. The summed E-state index contributed by atoms with van der Waals surface area (Å²) in [5.41, 5.74) is 2.66. The fourth-order valence-electron chi connectivity index (χ4n) is 2.47. The lowest BCUT2D eigenvalue weighted by Gasteiger charge is -2.13. The zero-order chi connectivity index (χ0) is 20.0. The molecule has 0 aromatic heterocycles. The van der Waals surface area contributed by atoms with E-state index in [1.807, 2.05) is 32.9 Å². The minimum Gasteiger partial charge on any atom is -0.484 e. The standard InChI is InChI=1S/C19H23BrN2O4S/c1-4-9-21-27(24,25)17-7-5-16(6-8-17)26-12-18(23)22-19-13(2)10-15(20)11-14(19)3/h5-8,10-11,21H,4,9,12H2,1-3H3,(H,22,23). The lowest BCUT2D eigenvalue weighted by molar-refractivity contribution is -0.118. The van der Waals surface area contributed by atoms with Crippen LogP contribution in [0.2, 0.25) is 0 Å². The molecule has 0 radical (unpaired) electrons. The maximum atomic E-state index is 12.2. The van der Waals surface area contributed by atoms with Crippen LogP contribution >= 0.6 is 15.9 Å². The van der Waals surface area contributed by atoms with Crippen molar-refractivity contribution in [3.05, 3.63) is 52.0 Å². The first-order chi connectivity index (χ1) is 12.7. The number of halogens is 1. The van der Waals surface area contributed by atoms with E-state index in [0.717, 1.165) is 21.3 Å². The number of ether oxygens (including phenoxy) is 1. The molecule has 6 nitrogen and oxygen atoms in total. The highest BCUT2D eigenvalue weighted by molar-refractivity contribution is 9.10. The highest BCUT2D eigenvalue weighted by Gasteiger charge is 2.13. The van der Waals surface area contributed by atoms with E-state index in [4.69, 9.17) is 4.74 Å². The van der Waals surface area contributed by atoms with E-state index in [1.165, 1.54) is 24.3 Å². The SMILES string of the molecule is CCCNS(=O)(=O)c1ccc(OCC(=O)Nc2c(C)cc(Br)cc2C)cc1. The molecule has 2 N–H and O–H groups in total. The Kier molecular flexibility index (Phi) is 7.41. The molecule has 0 heterocycles. The minimum atomic E-state index is -3.51. The van der Waals surface area contributed by atoms with Crippen molar-refractivity contribution in [3.63, 3.8) is 0 Å². The summed E-state index contributed by atoms with van der Waals surface area (Å²) >= 11 is 3.42. The molecule has 8 heteroatoms. The second-order valence-corrected chi connectivity index (χ2v) is 8.80. The number of hydrogen-bond donors (Lipinski definition) is 2. The molecule has 2 aromatic carbocycles. The van der Waals surface area contributed by atoms with Gasteiger partial charge < -0.3 is 10.1 Å². The van der Waals surface area contributed by atoms with Crippen LogP contribution in [-0.2, 0) is 14.8 Å². The molecule has 2 rings (SSSR count). The van der Waals surface area contributed by atoms with E-state index in [1.54, 1.807) is 0 Å². The minimum absolute atomic E-state index is 0.161. The lowest BCUT2D eigenvalue weighted by atomic mass is 10.1. The Morgan fingerprint density at radius 2 is 1.70 bits per heavy atom. The molecule has 2 aromatic rings. The zero-order valence-electron chi connectivity index (χ0n) is 15.5. The van der Waals surface area contributed by atoms with Gasteiger partial charge in [-0.3, -0.25) is 4.79 Å². The Hall–Kier alpha value is -1.90. The van der Waals surface area contributed by atoms with E-state index in [0.29, 0.717) is 18.7 Å². The van der Waals surface area contributed by atoms with Crippen molar-refractivity contribution >= 4 is 37.5 Å². The summed E-state index contributed by atoms with van der Waals surface area (Å²) in [5.74, 6) is 0.133. The summed E-state index contributed by atoms with van der Waals surface area (Å²) in [6.45, 7) is 5.94. The second-order valence-electron chi connectivity index (χ2n) is 6.12. The Bertz CT molecular complexity index is 889. The largest absolute Gasteiger partial charge is 0.484 e. The van der Waals surface area contributed by atoms with Gasteiger partial charge in [0, 0.05) is 16.7 Å². The van der Waals surface area contributed by atoms with E-state index in [2.05, 4.69) is 26.0 Å². The van der Waals surface area contributed by atoms with Gasteiger partial charge in [0.15, 0.2) is 6.61 Å². The number of sulfonamides is 1. The van der Waals surface area contributed by atoms with Gasteiger partial charge in [-0.05, 0) is 67.8 Å². The molecule has 0 saturated carbocycles. The van der Waals surface area contributed by atoms with Crippen LogP contribution in [0.15, 0.2) is 45.8 Å². The molecule has 0 aliphatic carbocycles. The van der Waals surface area contributed by atoms with Crippen LogP contribution in [0.3, 0.4) is 0 Å². The van der Waals surface area contributed by atoms with Gasteiger partial charge in [0.1, 0.15) is 5.75 Å². The average molecular weight is 455 g/mol. The van der Waals surface area contributed by atoms with Crippen LogP contribution in [0.4, 0.5) is 5.69 Å². The summed E-state index contributed by atoms with van der Waals surface area (Å²) in [5, 5.41) is 2.84. The van der Waals surface area contributed by atoms with Crippen molar-refractivity contribution in [1.29, 1.82) is 0 Å². The summed E-state index contributed by atoms with van der Waals surface area (Å²) in [4.78, 5) is 12.3. The fraction of sp³-hybridized carbons (Fsp3) is 0.316. The molecule has 27 heavy (non-hydrogen) atoms. The molecule has 0 saturated heterocycles. The highest BCUT2D eigenvalue weighted by Crippen LogP contribution is 2.25. The third-order valence-corrected chi connectivity index (χ3v) is 5.74. The van der Waals surface area contributed by atoms with Gasteiger partial charge in [0.25, 0.3) is 5.91 Å². The van der Waals surface area contributed by atoms with Gasteiger partial charge in [-0.25, -0.2) is 13.1 Å². The van der Waals surface area contributed by atoms with Gasteiger partial charge in [0.2, 0.25) is 10.0 Å². The van der Waals surface area contributed by atoms with Crippen LogP contribution < -0.4 is 14.8 Å². The number of amides is 1. The zero-order valence-corrected chi connectivity index (χ0v) is 17.9. The Balaban J connectivity index is 1.96. The molecular weight excluding hydrogens is 432 g/mol. The molecule has 0 aliphatic rings. The molecule has 0 unspecified atom stereocenters. The van der Waals surface area contributed by atoms with E-state index in [-0.39, 0.29) is 17.4 Å². The normalized spacial score (nSPS) is 11.3. The topological polar surface area (TPSA) is 84.5 Å². The summed E-state index contributed by atoms with van der Waals surface area (Å²) in [6, 6.07) is 9.82. The smallest absolute Gasteiger partial charge is 0.262 e. The lowest BCUT2D eigenvalue weighted by Crippen LogP contribution is -2.24.